The normalized spacial score (nSPS) is 16.2. The minimum absolute atomic E-state index is 0. The Morgan fingerprint density at radius 3 is 2.52 bits per heavy atom. The van der Waals surface area contributed by atoms with E-state index in [4.69, 9.17) is 15.7 Å². The highest BCUT2D eigenvalue weighted by atomic mass is 35.5. The largest absolute Gasteiger partial charge is 0.380 e. The SMILES string of the molecule is CC(=O)Nc1ccc(N2CCO[C@H]([C@@H](O)C(=O)Nc3ccc(C#N)c(CN)c3)C2=O)cc1.Cl. The van der Waals surface area contributed by atoms with Crippen LogP contribution in [-0.2, 0) is 25.7 Å². The van der Waals surface area contributed by atoms with Crippen molar-refractivity contribution in [2.24, 2.45) is 5.73 Å². The van der Waals surface area contributed by atoms with Gasteiger partial charge in [-0.2, -0.15) is 5.26 Å². The number of carbonyl (C=O) groups excluding carboxylic acids is 3. The molecule has 0 spiro atoms. The summed E-state index contributed by atoms with van der Waals surface area (Å²) in [6.45, 7) is 1.88. The summed E-state index contributed by atoms with van der Waals surface area (Å²) >= 11 is 0. The molecule has 1 heterocycles. The van der Waals surface area contributed by atoms with E-state index in [-0.39, 0.29) is 38.0 Å². The maximum atomic E-state index is 12.9. The predicted octanol–water partition coefficient (Wildman–Crippen LogP) is 1.13. The van der Waals surface area contributed by atoms with Gasteiger partial charge in [-0.15, -0.1) is 12.4 Å². The van der Waals surface area contributed by atoms with Gasteiger partial charge < -0.3 is 31.1 Å². The number of nitrogens with one attached hydrogen (secondary N) is 2. The summed E-state index contributed by atoms with van der Waals surface area (Å²) in [6, 6.07) is 13.2. The molecule has 0 aliphatic carbocycles. The molecule has 0 bridgehead atoms. The van der Waals surface area contributed by atoms with Crippen LogP contribution in [0.2, 0.25) is 0 Å². The molecule has 2 aromatic rings. The molecule has 3 rings (SSSR count). The van der Waals surface area contributed by atoms with Crippen LogP contribution >= 0.6 is 12.4 Å². The summed E-state index contributed by atoms with van der Waals surface area (Å²) in [5.41, 5.74) is 8.01. The summed E-state index contributed by atoms with van der Waals surface area (Å²) in [4.78, 5) is 38.0. The zero-order valence-electron chi connectivity index (χ0n) is 17.8. The number of halogens is 1. The molecule has 0 unspecified atom stereocenters. The average molecular weight is 474 g/mol. The quantitative estimate of drug-likeness (QED) is 0.489. The second-order valence-corrected chi connectivity index (χ2v) is 7.13. The number of aliphatic hydroxyl groups excluding tert-OH is 1. The second kappa shape index (κ2) is 11.4. The molecule has 5 N–H and O–H groups in total. The number of nitriles is 1. The van der Waals surface area contributed by atoms with E-state index in [0.717, 1.165) is 0 Å². The highest BCUT2D eigenvalue weighted by Gasteiger charge is 2.39. The van der Waals surface area contributed by atoms with E-state index in [2.05, 4.69) is 10.6 Å². The minimum atomic E-state index is -1.75. The standard InChI is InChI=1S/C22H23N5O5.ClH/c1-13(28)25-16-4-6-18(7-5-16)27-8-9-32-20(22(27)31)19(29)21(30)26-17-3-2-14(11-23)15(10-17)12-24;/h2-7,10,19-20,29H,8-9,12,24H2,1H3,(H,25,28)(H,26,30);1H/t19-,20-;/m1./s1. The van der Waals surface area contributed by atoms with Gasteiger partial charge in [-0.25, -0.2) is 0 Å². The summed E-state index contributed by atoms with van der Waals surface area (Å²) in [5, 5.41) is 24.7. The van der Waals surface area contributed by atoms with Crippen molar-refractivity contribution in [3.8, 4) is 6.07 Å². The lowest BCUT2D eigenvalue weighted by Crippen LogP contribution is -2.55. The third-order valence-electron chi connectivity index (χ3n) is 4.89. The van der Waals surface area contributed by atoms with E-state index in [0.29, 0.717) is 28.2 Å². The molecule has 1 aliphatic heterocycles. The maximum Gasteiger partial charge on any atom is 0.259 e. The number of nitrogens with zero attached hydrogens (tertiary/aromatic N) is 2. The molecule has 10 nitrogen and oxygen atoms in total. The Labute approximate surface area is 196 Å². The fraction of sp³-hybridized carbons (Fsp3) is 0.273. The molecule has 1 aliphatic rings. The molecule has 0 saturated carbocycles. The number of carbonyl (C=O) groups is 3. The van der Waals surface area contributed by atoms with Gasteiger partial charge >= 0.3 is 0 Å². The first-order valence-corrected chi connectivity index (χ1v) is 9.86. The van der Waals surface area contributed by atoms with Crippen molar-refractivity contribution in [3.63, 3.8) is 0 Å². The lowest BCUT2D eigenvalue weighted by molar-refractivity contribution is -0.150. The molecule has 33 heavy (non-hydrogen) atoms. The number of aliphatic hydroxyl groups is 1. The van der Waals surface area contributed by atoms with Crippen molar-refractivity contribution in [2.45, 2.75) is 25.7 Å². The van der Waals surface area contributed by atoms with Crippen LogP contribution in [0.4, 0.5) is 17.1 Å². The molecular formula is C22H24ClN5O5. The van der Waals surface area contributed by atoms with Crippen LogP contribution in [0.25, 0.3) is 0 Å². The van der Waals surface area contributed by atoms with E-state index in [1.807, 2.05) is 6.07 Å². The van der Waals surface area contributed by atoms with Crippen molar-refractivity contribution in [1.29, 1.82) is 5.26 Å². The van der Waals surface area contributed by atoms with Crippen molar-refractivity contribution in [2.75, 3.05) is 28.7 Å². The van der Waals surface area contributed by atoms with Crippen LogP contribution in [0.1, 0.15) is 18.1 Å². The third kappa shape index (κ3) is 6.06. The Kier molecular flexibility index (Phi) is 8.90. The Balaban J connectivity index is 0.00000385. The molecular weight excluding hydrogens is 450 g/mol. The van der Waals surface area contributed by atoms with Gasteiger partial charge in [0.25, 0.3) is 11.8 Å². The lowest BCUT2D eigenvalue weighted by Gasteiger charge is -2.34. The summed E-state index contributed by atoms with van der Waals surface area (Å²) in [5.74, 6) is -1.59. The fourth-order valence-corrected chi connectivity index (χ4v) is 3.32. The molecule has 1 fully saturated rings. The number of hydrogen-bond acceptors (Lipinski definition) is 7. The van der Waals surface area contributed by atoms with E-state index in [1.54, 1.807) is 24.3 Å². The summed E-state index contributed by atoms with van der Waals surface area (Å²) in [7, 11) is 0. The van der Waals surface area contributed by atoms with Gasteiger partial charge in [0.2, 0.25) is 5.91 Å². The van der Waals surface area contributed by atoms with Crippen LogP contribution in [0.15, 0.2) is 42.5 Å². The molecule has 0 aromatic heterocycles. The van der Waals surface area contributed by atoms with Gasteiger partial charge in [-0.1, -0.05) is 0 Å². The van der Waals surface area contributed by atoms with Crippen molar-refractivity contribution < 1.29 is 24.2 Å². The van der Waals surface area contributed by atoms with Crippen LogP contribution in [0.3, 0.4) is 0 Å². The number of rotatable bonds is 6. The van der Waals surface area contributed by atoms with Gasteiger partial charge in [-0.3, -0.25) is 14.4 Å². The fourth-order valence-electron chi connectivity index (χ4n) is 3.32. The number of hydrogen-bond donors (Lipinski definition) is 4. The monoisotopic (exact) mass is 473 g/mol. The van der Waals surface area contributed by atoms with Gasteiger partial charge in [0.15, 0.2) is 12.2 Å². The van der Waals surface area contributed by atoms with Crippen LogP contribution in [0.5, 0.6) is 0 Å². The number of ether oxygens (including phenoxy) is 1. The zero-order valence-corrected chi connectivity index (χ0v) is 18.6. The Hall–Kier alpha value is -3.49. The van der Waals surface area contributed by atoms with E-state index in [9.17, 15) is 19.5 Å². The van der Waals surface area contributed by atoms with Gasteiger partial charge in [0, 0.05) is 37.1 Å². The zero-order chi connectivity index (χ0) is 23.3. The molecule has 2 aromatic carbocycles. The third-order valence-corrected chi connectivity index (χ3v) is 4.89. The number of morpholine rings is 1. The van der Waals surface area contributed by atoms with E-state index >= 15 is 0 Å². The molecule has 2 atom stereocenters. The Morgan fingerprint density at radius 1 is 1.24 bits per heavy atom. The first kappa shape index (κ1) is 25.8. The van der Waals surface area contributed by atoms with Gasteiger partial charge in [0.1, 0.15) is 0 Å². The Morgan fingerprint density at radius 2 is 1.91 bits per heavy atom. The minimum Gasteiger partial charge on any atom is -0.380 e. The summed E-state index contributed by atoms with van der Waals surface area (Å²) < 4.78 is 5.40. The lowest BCUT2D eigenvalue weighted by atomic mass is 10.1. The molecule has 174 valence electrons. The number of benzene rings is 2. The summed E-state index contributed by atoms with van der Waals surface area (Å²) in [6.07, 6.45) is -3.13. The Bertz CT molecular complexity index is 1070. The second-order valence-electron chi connectivity index (χ2n) is 7.13. The highest BCUT2D eigenvalue weighted by molar-refractivity contribution is 6.04. The predicted molar refractivity (Wildman–Crippen MR) is 124 cm³/mol. The molecule has 1 saturated heterocycles. The van der Waals surface area contributed by atoms with Gasteiger partial charge in [-0.05, 0) is 48.0 Å². The van der Waals surface area contributed by atoms with Crippen LogP contribution < -0.4 is 21.3 Å². The van der Waals surface area contributed by atoms with Crippen molar-refractivity contribution >= 4 is 47.2 Å². The van der Waals surface area contributed by atoms with E-state index in [1.165, 1.54) is 30.0 Å². The first-order valence-electron chi connectivity index (χ1n) is 9.86. The van der Waals surface area contributed by atoms with Crippen LogP contribution in [0, 0.1) is 11.3 Å². The molecule has 3 amide bonds. The number of nitrogens with two attached hydrogens (primary N) is 1. The topological polar surface area (TPSA) is 158 Å². The first-order chi connectivity index (χ1) is 15.3. The molecule has 0 radical (unpaired) electrons. The van der Waals surface area contributed by atoms with Crippen LogP contribution in [-0.4, -0.2) is 48.2 Å². The van der Waals surface area contributed by atoms with E-state index < -0.39 is 24.0 Å². The maximum absolute atomic E-state index is 12.9. The smallest absolute Gasteiger partial charge is 0.259 e. The number of anilines is 3. The highest BCUT2D eigenvalue weighted by Crippen LogP contribution is 2.23. The molecule has 11 heteroatoms. The number of amides is 3. The van der Waals surface area contributed by atoms with Crippen molar-refractivity contribution in [3.05, 3.63) is 53.6 Å². The van der Waals surface area contributed by atoms with Gasteiger partial charge in [0.05, 0.1) is 18.2 Å². The van der Waals surface area contributed by atoms with Crippen molar-refractivity contribution in [1.82, 2.24) is 0 Å². The average Bonchev–Trinajstić information content (AvgIpc) is 2.79.